The van der Waals surface area contributed by atoms with Crippen LogP contribution in [0.5, 0.6) is 0 Å². The summed E-state index contributed by atoms with van der Waals surface area (Å²) in [6, 6.07) is 9.32. The number of aliphatic hydroxyl groups excluding tert-OH is 1. The first kappa shape index (κ1) is 14.0. The summed E-state index contributed by atoms with van der Waals surface area (Å²) in [7, 11) is 1.79. The number of hydrogen-bond acceptors (Lipinski definition) is 3. The minimum atomic E-state index is -0.489. The van der Waals surface area contributed by atoms with Gasteiger partial charge in [-0.25, -0.2) is 0 Å². The van der Waals surface area contributed by atoms with Gasteiger partial charge in [0.2, 0.25) is 5.91 Å². The SMILES string of the molecule is CN(CC1CC(O)C1)C(=O)[C@H](N)Cc1ccccc1. The molecule has 1 atom stereocenters. The molecule has 4 nitrogen and oxygen atoms in total. The Morgan fingerprint density at radius 3 is 2.63 bits per heavy atom. The van der Waals surface area contributed by atoms with Crippen molar-refractivity contribution in [3.8, 4) is 0 Å². The van der Waals surface area contributed by atoms with E-state index >= 15 is 0 Å². The molecular weight excluding hydrogens is 240 g/mol. The zero-order valence-electron chi connectivity index (χ0n) is 11.3. The fraction of sp³-hybridized carbons (Fsp3) is 0.533. The van der Waals surface area contributed by atoms with Gasteiger partial charge in [-0.1, -0.05) is 30.3 Å². The van der Waals surface area contributed by atoms with Crippen LogP contribution in [0.2, 0.25) is 0 Å². The van der Waals surface area contributed by atoms with E-state index < -0.39 is 6.04 Å². The number of hydrogen-bond donors (Lipinski definition) is 2. The molecule has 1 aromatic carbocycles. The van der Waals surface area contributed by atoms with E-state index in [1.54, 1.807) is 11.9 Å². The first-order valence-corrected chi connectivity index (χ1v) is 6.79. The van der Waals surface area contributed by atoms with E-state index in [1.807, 2.05) is 30.3 Å². The predicted molar refractivity (Wildman–Crippen MR) is 74.5 cm³/mol. The van der Waals surface area contributed by atoms with E-state index in [0.717, 1.165) is 18.4 Å². The van der Waals surface area contributed by atoms with Crippen molar-refractivity contribution in [1.29, 1.82) is 0 Å². The number of benzene rings is 1. The lowest BCUT2D eigenvalue weighted by molar-refractivity contribution is -0.132. The van der Waals surface area contributed by atoms with Crippen LogP contribution in [0.3, 0.4) is 0 Å². The lowest BCUT2D eigenvalue weighted by Gasteiger charge is -2.35. The second-order valence-corrected chi connectivity index (χ2v) is 5.51. The third-order valence-electron chi connectivity index (χ3n) is 3.73. The average Bonchev–Trinajstić information content (AvgIpc) is 2.37. The van der Waals surface area contributed by atoms with Crippen molar-refractivity contribution in [1.82, 2.24) is 4.90 Å². The zero-order chi connectivity index (χ0) is 13.8. The summed E-state index contributed by atoms with van der Waals surface area (Å²) < 4.78 is 0. The lowest BCUT2D eigenvalue weighted by atomic mass is 9.82. The van der Waals surface area contributed by atoms with E-state index in [2.05, 4.69) is 0 Å². The molecule has 104 valence electrons. The molecule has 0 radical (unpaired) electrons. The summed E-state index contributed by atoms with van der Waals surface area (Å²) in [5, 5.41) is 9.25. The molecule has 1 fully saturated rings. The summed E-state index contributed by atoms with van der Waals surface area (Å²) in [6.45, 7) is 0.693. The van der Waals surface area contributed by atoms with Crippen molar-refractivity contribution in [2.24, 2.45) is 11.7 Å². The predicted octanol–water partition coefficient (Wildman–Crippen LogP) is 0.786. The van der Waals surface area contributed by atoms with Gasteiger partial charge >= 0.3 is 0 Å². The van der Waals surface area contributed by atoms with Gasteiger partial charge in [0.25, 0.3) is 0 Å². The van der Waals surface area contributed by atoms with Gasteiger partial charge in [-0.2, -0.15) is 0 Å². The second kappa shape index (κ2) is 6.17. The van der Waals surface area contributed by atoms with Gasteiger partial charge in [0, 0.05) is 13.6 Å². The first-order valence-electron chi connectivity index (χ1n) is 6.79. The van der Waals surface area contributed by atoms with E-state index in [0.29, 0.717) is 18.9 Å². The molecule has 4 heteroatoms. The van der Waals surface area contributed by atoms with Crippen molar-refractivity contribution in [3.63, 3.8) is 0 Å². The lowest BCUT2D eigenvalue weighted by Crippen LogP contribution is -2.46. The van der Waals surface area contributed by atoms with E-state index in [9.17, 15) is 9.90 Å². The van der Waals surface area contributed by atoms with Gasteiger partial charge in [-0.05, 0) is 30.7 Å². The molecule has 0 saturated heterocycles. The Labute approximate surface area is 114 Å². The molecule has 1 saturated carbocycles. The van der Waals surface area contributed by atoms with Crippen LogP contribution in [-0.4, -0.2) is 41.7 Å². The Morgan fingerprint density at radius 1 is 1.42 bits per heavy atom. The number of nitrogens with zero attached hydrogens (tertiary/aromatic N) is 1. The van der Waals surface area contributed by atoms with Gasteiger partial charge in [0.1, 0.15) is 0 Å². The minimum Gasteiger partial charge on any atom is -0.393 e. The maximum absolute atomic E-state index is 12.1. The molecule has 0 heterocycles. The normalized spacial score (nSPS) is 23.5. The smallest absolute Gasteiger partial charge is 0.239 e. The van der Waals surface area contributed by atoms with Gasteiger partial charge in [-0.3, -0.25) is 4.79 Å². The van der Waals surface area contributed by atoms with Crippen LogP contribution in [0.25, 0.3) is 0 Å². The fourth-order valence-corrected chi connectivity index (χ4v) is 2.57. The van der Waals surface area contributed by atoms with Crippen LogP contribution in [0.15, 0.2) is 30.3 Å². The average molecular weight is 262 g/mol. The number of nitrogens with two attached hydrogens (primary N) is 1. The molecule has 0 unspecified atom stereocenters. The highest BCUT2D eigenvalue weighted by Gasteiger charge is 2.30. The van der Waals surface area contributed by atoms with Gasteiger partial charge in [-0.15, -0.1) is 0 Å². The Morgan fingerprint density at radius 2 is 2.05 bits per heavy atom. The number of amides is 1. The molecule has 0 bridgehead atoms. The quantitative estimate of drug-likeness (QED) is 0.824. The van der Waals surface area contributed by atoms with Crippen molar-refractivity contribution in [2.45, 2.75) is 31.4 Å². The van der Waals surface area contributed by atoms with Crippen molar-refractivity contribution >= 4 is 5.91 Å². The Bertz CT molecular complexity index is 415. The van der Waals surface area contributed by atoms with Gasteiger partial charge in [0.15, 0.2) is 0 Å². The molecule has 0 spiro atoms. The Kier molecular flexibility index (Phi) is 4.56. The highest BCUT2D eigenvalue weighted by Crippen LogP contribution is 2.27. The van der Waals surface area contributed by atoms with Crippen LogP contribution in [0.4, 0.5) is 0 Å². The van der Waals surface area contributed by atoms with E-state index in [1.165, 1.54) is 0 Å². The summed E-state index contributed by atoms with van der Waals surface area (Å²) in [5.74, 6) is 0.401. The zero-order valence-corrected chi connectivity index (χ0v) is 11.3. The standard InChI is InChI=1S/C15H22N2O2/c1-17(10-12-7-13(18)8-12)15(19)14(16)9-11-5-3-2-4-6-11/h2-6,12-14,18H,7-10,16H2,1H3/t12?,13?,14-/m1/s1. The van der Waals surface area contributed by atoms with Crippen molar-refractivity contribution in [3.05, 3.63) is 35.9 Å². The van der Waals surface area contributed by atoms with Crippen LogP contribution in [0, 0.1) is 5.92 Å². The number of likely N-dealkylation sites (N-methyl/N-ethyl adjacent to an activating group) is 1. The number of carbonyl (C=O) groups is 1. The number of carbonyl (C=O) groups excluding carboxylic acids is 1. The molecule has 1 aromatic rings. The monoisotopic (exact) mass is 262 g/mol. The third kappa shape index (κ3) is 3.78. The van der Waals surface area contributed by atoms with E-state index in [4.69, 9.17) is 5.73 Å². The molecule has 2 rings (SSSR count). The minimum absolute atomic E-state index is 0.0229. The molecule has 3 N–H and O–H groups in total. The van der Waals surface area contributed by atoms with Gasteiger partial charge in [0.05, 0.1) is 12.1 Å². The Balaban J connectivity index is 1.81. The number of rotatable bonds is 5. The van der Waals surface area contributed by atoms with Crippen LogP contribution >= 0.6 is 0 Å². The van der Waals surface area contributed by atoms with Crippen LogP contribution in [-0.2, 0) is 11.2 Å². The van der Waals surface area contributed by atoms with Crippen LogP contribution < -0.4 is 5.73 Å². The fourth-order valence-electron chi connectivity index (χ4n) is 2.57. The molecular formula is C15H22N2O2. The Hall–Kier alpha value is -1.39. The molecule has 19 heavy (non-hydrogen) atoms. The molecule has 0 aromatic heterocycles. The topological polar surface area (TPSA) is 66.6 Å². The molecule has 1 aliphatic rings. The maximum Gasteiger partial charge on any atom is 0.239 e. The van der Waals surface area contributed by atoms with E-state index in [-0.39, 0.29) is 12.0 Å². The third-order valence-corrected chi connectivity index (χ3v) is 3.73. The van der Waals surface area contributed by atoms with Crippen LogP contribution in [0.1, 0.15) is 18.4 Å². The second-order valence-electron chi connectivity index (χ2n) is 5.51. The molecule has 1 aliphatic carbocycles. The summed E-state index contributed by atoms with van der Waals surface area (Å²) in [4.78, 5) is 13.8. The maximum atomic E-state index is 12.1. The molecule has 1 amide bonds. The van der Waals surface area contributed by atoms with Crippen molar-refractivity contribution in [2.75, 3.05) is 13.6 Å². The highest BCUT2D eigenvalue weighted by molar-refractivity contribution is 5.81. The van der Waals surface area contributed by atoms with Gasteiger partial charge < -0.3 is 15.7 Å². The largest absolute Gasteiger partial charge is 0.393 e. The number of aliphatic hydroxyl groups is 1. The highest BCUT2D eigenvalue weighted by atomic mass is 16.3. The summed E-state index contributed by atoms with van der Waals surface area (Å²) in [5.41, 5.74) is 7.05. The molecule has 0 aliphatic heterocycles. The summed E-state index contributed by atoms with van der Waals surface area (Å²) >= 11 is 0. The summed E-state index contributed by atoms with van der Waals surface area (Å²) in [6.07, 6.45) is 1.99. The first-order chi connectivity index (χ1) is 9.06. The van der Waals surface area contributed by atoms with Crippen molar-refractivity contribution < 1.29 is 9.90 Å².